The maximum atomic E-state index is 11.5. The Hall–Kier alpha value is -1.32. The molecule has 1 heterocycles. The van der Waals surface area contributed by atoms with Crippen LogP contribution in [-0.4, -0.2) is 48.5 Å². The van der Waals surface area contributed by atoms with Crippen LogP contribution < -0.4 is 5.32 Å². The molecule has 6 nitrogen and oxygen atoms in total. The monoisotopic (exact) mass is 245 g/mol. The van der Waals surface area contributed by atoms with Crippen LogP contribution in [-0.2, 0) is 9.53 Å². The van der Waals surface area contributed by atoms with E-state index in [1.807, 2.05) is 6.07 Å². The van der Waals surface area contributed by atoms with Gasteiger partial charge in [-0.25, -0.2) is 4.79 Å². The Morgan fingerprint density at radius 1 is 1.62 bits per heavy atom. The minimum Gasteiger partial charge on any atom is -0.360 e. The molecule has 16 heavy (non-hydrogen) atoms. The van der Waals surface area contributed by atoms with Crippen molar-refractivity contribution in [2.45, 2.75) is 12.5 Å². The van der Waals surface area contributed by atoms with E-state index in [-0.39, 0.29) is 18.8 Å². The van der Waals surface area contributed by atoms with Gasteiger partial charge in [0.2, 0.25) is 5.91 Å². The number of halogens is 1. The van der Waals surface area contributed by atoms with Crippen molar-refractivity contribution in [3.8, 4) is 6.07 Å². The lowest BCUT2D eigenvalue weighted by Gasteiger charge is -2.29. The summed E-state index contributed by atoms with van der Waals surface area (Å²) in [6.45, 7) is 0.851. The van der Waals surface area contributed by atoms with E-state index >= 15 is 0 Å². The molecule has 88 valence electrons. The average molecular weight is 246 g/mol. The highest BCUT2D eigenvalue weighted by Gasteiger charge is 2.24. The number of imide groups is 1. The number of amides is 3. The predicted molar refractivity (Wildman–Crippen MR) is 55.8 cm³/mol. The normalized spacial score (nSPS) is 20.0. The molecule has 0 aromatic rings. The fourth-order valence-corrected chi connectivity index (χ4v) is 1.43. The second-order valence-electron chi connectivity index (χ2n) is 3.23. The van der Waals surface area contributed by atoms with Gasteiger partial charge >= 0.3 is 6.03 Å². The molecule has 3 amide bonds. The minimum atomic E-state index is -0.623. The van der Waals surface area contributed by atoms with Crippen molar-refractivity contribution in [3.63, 3.8) is 0 Å². The first-order chi connectivity index (χ1) is 7.67. The zero-order valence-corrected chi connectivity index (χ0v) is 9.37. The fraction of sp³-hybridized carbons (Fsp3) is 0.667. The Morgan fingerprint density at radius 3 is 3.00 bits per heavy atom. The van der Waals surface area contributed by atoms with Crippen LogP contribution in [0.2, 0.25) is 0 Å². The molecule has 1 saturated heterocycles. The molecule has 0 bridgehead atoms. The highest BCUT2D eigenvalue weighted by atomic mass is 35.5. The van der Waals surface area contributed by atoms with E-state index in [0.717, 1.165) is 0 Å². The van der Waals surface area contributed by atoms with E-state index in [0.29, 0.717) is 13.2 Å². The number of nitrogens with zero attached hydrogens (tertiary/aromatic N) is 2. The quantitative estimate of drug-likeness (QED) is 0.699. The maximum absolute atomic E-state index is 11.5. The van der Waals surface area contributed by atoms with Crippen LogP contribution in [0.25, 0.3) is 0 Å². The topological polar surface area (TPSA) is 82.4 Å². The number of ether oxygens (including phenoxy) is 1. The summed E-state index contributed by atoms with van der Waals surface area (Å²) < 4.78 is 5.07. The van der Waals surface area contributed by atoms with Gasteiger partial charge < -0.3 is 9.64 Å². The van der Waals surface area contributed by atoms with Gasteiger partial charge in [0, 0.05) is 18.8 Å². The largest absolute Gasteiger partial charge is 0.360 e. The SMILES string of the molecule is N#CC1CN(C(=O)NC(=O)CCCl)CCO1. The number of hydrogen-bond donors (Lipinski definition) is 1. The van der Waals surface area contributed by atoms with Crippen LogP contribution in [0.1, 0.15) is 6.42 Å². The van der Waals surface area contributed by atoms with Gasteiger partial charge in [0.25, 0.3) is 0 Å². The van der Waals surface area contributed by atoms with Gasteiger partial charge in [-0.1, -0.05) is 0 Å². The summed E-state index contributed by atoms with van der Waals surface area (Å²) in [5, 5.41) is 10.8. The average Bonchev–Trinajstić information content (AvgIpc) is 2.29. The Labute approximate surface area is 98.1 Å². The third-order valence-electron chi connectivity index (χ3n) is 2.07. The van der Waals surface area contributed by atoms with E-state index in [4.69, 9.17) is 21.6 Å². The van der Waals surface area contributed by atoms with Crippen LogP contribution in [0.15, 0.2) is 0 Å². The van der Waals surface area contributed by atoms with E-state index in [1.165, 1.54) is 4.90 Å². The molecule has 1 unspecified atom stereocenters. The lowest BCUT2D eigenvalue weighted by molar-refractivity contribution is -0.119. The highest BCUT2D eigenvalue weighted by molar-refractivity contribution is 6.19. The summed E-state index contributed by atoms with van der Waals surface area (Å²) in [7, 11) is 0. The second-order valence-corrected chi connectivity index (χ2v) is 3.60. The molecule has 0 saturated carbocycles. The fourth-order valence-electron chi connectivity index (χ4n) is 1.26. The molecule has 1 fully saturated rings. The number of nitrogens with one attached hydrogen (secondary N) is 1. The molecule has 1 N–H and O–H groups in total. The molecule has 1 aliphatic rings. The Morgan fingerprint density at radius 2 is 2.38 bits per heavy atom. The summed E-state index contributed by atoms with van der Waals surface area (Å²) in [5.74, 6) is -0.247. The molecular weight excluding hydrogens is 234 g/mol. The van der Waals surface area contributed by atoms with Crippen molar-refractivity contribution in [2.75, 3.05) is 25.6 Å². The van der Waals surface area contributed by atoms with E-state index < -0.39 is 18.0 Å². The molecule has 0 aromatic carbocycles. The molecule has 0 radical (unpaired) electrons. The zero-order chi connectivity index (χ0) is 12.0. The Balaban J connectivity index is 2.42. The summed E-state index contributed by atoms with van der Waals surface area (Å²) in [5.41, 5.74) is 0. The molecule has 1 atom stereocenters. The number of carbonyl (C=O) groups excluding carboxylic acids is 2. The standard InChI is InChI=1S/C9H12ClN3O3/c10-2-1-8(14)12-9(15)13-3-4-16-7(5-11)6-13/h7H,1-4,6H2,(H,12,14,15). The van der Waals surface area contributed by atoms with Gasteiger partial charge in [0.15, 0.2) is 6.10 Å². The summed E-state index contributed by atoms with van der Waals surface area (Å²) in [6, 6.07) is 1.42. The predicted octanol–water partition coefficient (Wildman–Crippen LogP) is 0.0759. The van der Waals surface area contributed by atoms with E-state index in [1.54, 1.807) is 0 Å². The van der Waals surface area contributed by atoms with Gasteiger partial charge in [-0.2, -0.15) is 5.26 Å². The van der Waals surface area contributed by atoms with Crippen LogP contribution in [0.4, 0.5) is 4.79 Å². The number of urea groups is 1. The molecule has 0 aliphatic carbocycles. The first-order valence-corrected chi connectivity index (χ1v) is 5.36. The summed E-state index contributed by atoms with van der Waals surface area (Å²) in [6.07, 6.45) is -0.526. The smallest absolute Gasteiger partial charge is 0.324 e. The van der Waals surface area contributed by atoms with Crippen molar-refractivity contribution in [1.29, 1.82) is 5.26 Å². The summed E-state index contributed by atoms with van der Waals surface area (Å²) in [4.78, 5) is 24.0. The number of nitriles is 1. The number of carbonyl (C=O) groups is 2. The first kappa shape index (κ1) is 12.7. The van der Waals surface area contributed by atoms with Gasteiger partial charge in [-0.15, -0.1) is 11.6 Å². The number of alkyl halides is 1. The Bertz CT molecular complexity index is 316. The third-order valence-corrected chi connectivity index (χ3v) is 2.25. The molecule has 0 aromatic heterocycles. The minimum absolute atomic E-state index is 0.0965. The van der Waals surface area contributed by atoms with E-state index in [2.05, 4.69) is 5.32 Å². The zero-order valence-electron chi connectivity index (χ0n) is 8.61. The van der Waals surface area contributed by atoms with Crippen LogP contribution >= 0.6 is 11.6 Å². The highest BCUT2D eigenvalue weighted by Crippen LogP contribution is 2.04. The second kappa shape index (κ2) is 6.30. The molecule has 7 heteroatoms. The van der Waals surface area contributed by atoms with Gasteiger partial charge in [0.1, 0.15) is 0 Å². The Kier molecular flexibility index (Phi) is 5.02. The lowest BCUT2D eigenvalue weighted by atomic mass is 10.3. The first-order valence-electron chi connectivity index (χ1n) is 4.83. The maximum Gasteiger partial charge on any atom is 0.324 e. The van der Waals surface area contributed by atoms with Gasteiger partial charge in [-0.05, 0) is 0 Å². The van der Waals surface area contributed by atoms with Crippen LogP contribution in [0.3, 0.4) is 0 Å². The molecular formula is C9H12ClN3O3. The van der Waals surface area contributed by atoms with E-state index in [9.17, 15) is 9.59 Å². The number of morpholine rings is 1. The van der Waals surface area contributed by atoms with Crippen molar-refractivity contribution >= 4 is 23.5 Å². The number of rotatable bonds is 2. The van der Waals surface area contributed by atoms with Crippen LogP contribution in [0.5, 0.6) is 0 Å². The third kappa shape index (κ3) is 3.68. The number of hydrogen-bond acceptors (Lipinski definition) is 4. The molecule has 1 rings (SSSR count). The van der Waals surface area contributed by atoms with Crippen molar-refractivity contribution in [2.24, 2.45) is 0 Å². The van der Waals surface area contributed by atoms with Gasteiger partial charge in [-0.3, -0.25) is 10.1 Å². The van der Waals surface area contributed by atoms with Crippen LogP contribution in [0, 0.1) is 11.3 Å². The van der Waals surface area contributed by atoms with Crippen molar-refractivity contribution < 1.29 is 14.3 Å². The molecule has 0 spiro atoms. The summed E-state index contributed by atoms with van der Waals surface area (Å²) >= 11 is 5.36. The lowest BCUT2D eigenvalue weighted by Crippen LogP contribution is -2.50. The van der Waals surface area contributed by atoms with Gasteiger partial charge in [0.05, 0.1) is 19.2 Å². The van der Waals surface area contributed by atoms with Crippen molar-refractivity contribution in [3.05, 3.63) is 0 Å². The van der Waals surface area contributed by atoms with Crippen molar-refractivity contribution in [1.82, 2.24) is 10.2 Å². The molecule has 1 aliphatic heterocycles.